The number of anilines is 1. The van der Waals surface area contributed by atoms with Gasteiger partial charge in [0.2, 0.25) is 0 Å². The zero-order chi connectivity index (χ0) is 16.4. The molecule has 1 aromatic carbocycles. The second kappa shape index (κ2) is 6.37. The molecule has 1 aliphatic heterocycles. The summed E-state index contributed by atoms with van der Waals surface area (Å²) < 4.78 is 5.30. The maximum atomic E-state index is 11.9. The van der Waals surface area contributed by atoms with E-state index in [0.29, 0.717) is 22.8 Å². The summed E-state index contributed by atoms with van der Waals surface area (Å²) in [6, 6.07) is 5.53. The Morgan fingerprint density at radius 2 is 2.09 bits per heavy atom. The van der Waals surface area contributed by atoms with Crippen LogP contribution in [0.15, 0.2) is 22.7 Å². The molecule has 1 aliphatic rings. The van der Waals surface area contributed by atoms with Crippen LogP contribution >= 0.6 is 0 Å². The third-order valence-electron chi connectivity index (χ3n) is 3.92. The highest BCUT2D eigenvalue weighted by Crippen LogP contribution is 2.27. The molecule has 23 heavy (non-hydrogen) atoms. The first-order valence-electron chi connectivity index (χ1n) is 7.79. The number of nitrogens with one attached hydrogen (secondary N) is 1. The van der Waals surface area contributed by atoms with Gasteiger partial charge in [0.1, 0.15) is 0 Å². The van der Waals surface area contributed by atoms with E-state index in [1.165, 1.54) is 0 Å². The number of carbonyl (C=O) groups excluding carboxylic acids is 1. The minimum atomic E-state index is -0.455. The van der Waals surface area contributed by atoms with Crippen LogP contribution in [0.2, 0.25) is 0 Å². The summed E-state index contributed by atoms with van der Waals surface area (Å²) in [6.45, 7) is 7.46. The van der Waals surface area contributed by atoms with Crippen LogP contribution in [0.1, 0.15) is 35.9 Å². The molecule has 1 amide bonds. The topological polar surface area (TPSA) is 97.3 Å². The van der Waals surface area contributed by atoms with Crippen LogP contribution in [0.4, 0.5) is 5.69 Å². The summed E-state index contributed by atoms with van der Waals surface area (Å²) in [5, 5.41) is 7.25. The Balaban J connectivity index is 1.96. The molecule has 0 saturated carbocycles. The lowest BCUT2D eigenvalue weighted by Crippen LogP contribution is -2.44. The number of nitrogens with two attached hydrogens (primary N) is 1. The molecule has 0 unspecified atom stereocenters. The van der Waals surface area contributed by atoms with Crippen LogP contribution in [0.3, 0.4) is 0 Å². The smallest absolute Gasteiger partial charge is 0.257 e. The second-order valence-electron chi connectivity index (χ2n) is 5.95. The molecule has 3 N–H and O–H groups in total. The average molecular weight is 315 g/mol. The van der Waals surface area contributed by atoms with Gasteiger partial charge in [0.15, 0.2) is 5.82 Å². The van der Waals surface area contributed by atoms with Crippen LogP contribution in [0.5, 0.6) is 0 Å². The Morgan fingerprint density at radius 1 is 1.35 bits per heavy atom. The molecule has 7 heteroatoms. The van der Waals surface area contributed by atoms with E-state index < -0.39 is 5.91 Å². The van der Waals surface area contributed by atoms with Gasteiger partial charge < -0.3 is 20.5 Å². The number of primary amides is 1. The van der Waals surface area contributed by atoms with Gasteiger partial charge in [-0.05, 0) is 18.2 Å². The molecule has 0 radical (unpaired) electrons. The van der Waals surface area contributed by atoms with E-state index in [9.17, 15) is 4.79 Å². The fourth-order valence-electron chi connectivity index (χ4n) is 2.63. The molecule has 1 fully saturated rings. The van der Waals surface area contributed by atoms with Crippen molar-refractivity contribution >= 4 is 11.6 Å². The number of nitrogens with zero attached hydrogens (tertiary/aromatic N) is 3. The van der Waals surface area contributed by atoms with Crippen molar-refractivity contribution in [3.8, 4) is 11.5 Å². The fraction of sp³-hybridized carbons (Fsp3) is 0.438. The number of rotatable bonds is 4. The van der Waals surface area contributed by atoms with Crippen LogP contribution in [-0.2, 0) is 0 Å². The third kappa shape index (κ3) is 3.19. The van der Waals surface area contributed by atoms with Gasteiger partial charge in [0, 0.05) is 43.3 Å². The van der Waals surface area contributed by atoms with E-state index in [1.54, 1.807) is 6.07 Å². The molecule has 0 spiro atoms. The maximum absolute atomic E-state index is 11.9. The zero-order valence-electron chi connectivity index (χ0n) is 13.4. The molecule has 1 saturated heterocycles. The number of benzene rings is 1. The third-order valence-corrected chi connectivity index (χ3v) is 3.92. The maximum Gasteiger partial charge on any atom is 0.257 e. The predicted molar refractivity (Wildman–Crippen MR) is 87.4 cm³/mol. The standard InChI is InChI=1S/C16H21N5O2/c1-10(2)15-19-16(23-20-15)11-3-4-13(12(9-11)14(17)22)21-7-5-18-6-8-21/h3-4,9-10,18H,5-8H2,1-2H3,(H2,17,22). The van der Waals surface area contributed by atoms with Crippen LogP contribution in [0, 0.1) is 0 Å². The SMILES string of the molecule is CC(C)c1noc(-c2ccc(N3CCNCC3)c(C(N)=O)c2)n1. The molecular formula is C16H21N5O2. The average Bonchev–Trinajstić information content (AvgIpc) is 3.05. The highest BCUT2D eigenvalue weighted by molar-refractivity contribution is 5.99. The van der Waals surface area contributed by atoms with Gasteiger partial charge in [0.25, 0.3) is 11.8 Å². The molecule has 3 rings (SSSR count). The molecule has 0 atom stereocenters. The first kappa shape index (κ1) is 15.5. The van der Waals surface area contributed by atoms with E-state index in [-0.39, 0.29) is 5.92 Å². The highest BCUT2D eigenvalue weighted by Gasteiger charge is 2.19. The predicted octanol–water partition coefficient (Wildman–Crippen LogP) is 1.37. The number of piperazine rings is 1. The first-order chi connectivity index (χ1) is 11.1. The molecule has 7 nitrogen and oxygen atoms in total. The van der Waals surface area contributed by atoms with Crippen molar-refractivity contribution in [2.24, 2.45) is 5.73 Å². The van der Waals surface area contributed by atoms with Gasteiger partial charge in [-0.15, -0.1) is 0 Å². The number of amides is 1. The molecule has 1 aromatic heterocycles. The van der Waals surface area contributed by atoms with Gasteiger partial charge in [-0.3, -0.25) is 4.79 Å². The Morgan fingerprint density at radius 3 is 2.70 bits per heavy atom. The summed E-state index contributed by atoms with van der Waals surface area (Å²) in [7, 11) is 0. The molecule has 122 valence electrons. The van der Waals surface area contributed by atoms with Crippen molar-refractivity contribution in [2.45, 2.75) is 19.8 Å². The minimum absolute atomic E-state index is 0.184. The number of hydrogen-bond acceptors (Lipinski definition) is 6. The molecule has 0 aliphatic carbocycles. The highest BCUT2D eigenvalue weighted by atomic mass is 16.5. The van der Waals surface area contributed by atoms with Gasteiger partial charge in [-0.25, -0.2) is 0 Å². The van der Waals surface area contributed by atoms with Gasteiger partial charge >= 0.3 is 0 Å². The van der Waals surface area contributed by atoms with Crippen molar-refractivity contribution in [1.29, 1.82) is 0 Å². The minimum Gasteiger partial charge on any atom is -0.368 e. The van der Waals surface area contributed by atoms with Crippen LogP contribution < -0.4 is 16.0 Å². The van der Waals surface area contributed by atoms with Gasteiger partial charge in [-0.1, -0.05) is 19.0 Å². The van der Waals surface area contributed by atoms with E-state index in [2.05, 4.69) is 20.4 Å². The van der Waals surface area contributed by atoms with Gasteiger partial charge in [0.05, 0.1) is 5.56 Å². The largest absolute Gasteiger partial charge is 0.368 e. The van der Waals surface area contributed by atoms with Gasteiger partial charge in [-0.2, -0.15) is 4.98 Å². The Hall–Kier alpha value is -2.41. The van der Waals surface area contributed by atoms with E-state index in [4.69, 9.17) is 10.3 Å². The van der Waals surface area contributed by atoms with Crippen molar-refractivity contribution in [3.05, 3.63) is 29.6 Å². The Labute approximate surface area is 134 Å². The normalized spacial score (nSPS) is 15.2. The summed E-state index contributed by atoms with van der Waals surface area (Å²) in [5.41, 5.74) is 7.61. The van der Waals surface area contributed by atoms with Crippen LogP contribution in [0.25, 0.3) is 11.5 Å². The summed E-state index contributed by atoms with van der Waals surface area (Å²) >= 11 is 0. The lowest BCUT2D eigenvalue weighted by Gasteiger charge is -2.30. The lowest BCUT2D eigenvalue weighted by molar-refractivity contribution is 0.100. The quantitative estimate of drug-likeness (QED) is 0.884. The van der Waals surface area contributed by atoms with Crippen molar-refractivity contribution < 1.29 is 9.32 Å². The molecular weight excluding hydrogens is 294 g/mol. The summed E-state index contributed by atoms with van der Waals surface area (Å²) in [5.74, 6) is 0.780. The van der Waals surface area contributed by atoms with E-state index in [1.807, 2.05) is 26.0 Å². The summed E-state index contributed by atoms with van der Waals surface area (Å²) in [6.07, 6.45) is 0. The fourth-order valence-corrected chi connectivity index (χ4v) is 2.63. The van der Waals surface area contributed by atoms with Crippen molar-refractivity contribution in [2.75, 3.05) is 31.1 Å². The number of hydrogen-bond donors (Lipinski definition) is 2. The number of carbonyl (C=O) groups is 1. The lowest BCUT2D eigenvalue weighted by atomic mass is 10.1. The molecule has 2 heterocycles. The van der Waals surface area contributed by atoms with Crippen molar-refractivity contribution in [3.63, 3.8) is 0 Å². The molecule has 0 bridgehead atoms. The second-order valence-corrected chi connectivity index (χ2v) is 5.95. The number of aromatic nitrogens is 2. The Kier molecular flexibility index (Phi) is 4.29. The summed E-state index contributed by atoms with van der Waals surface area (Å²) in [4.78, 5) is 18.4. The zero-order valence-corrected chi connectivity index (χ0v) is 13.4. The van der Waals surface area contributed by atoms with Crippen molar-refractivity contribution in [1.82, 2.24) is 15.5 Å². The van der Waals surface area contributed by atoms with E-state index >= 15 is 0 Å². The van der Waals surface area contributed by atoms with E-state index in [0.717, 1.165) is 31.9 Å². The monoisotopic (exact) mass is 315 g/mol. The molecule has 2 aromatic rings. The Bertz CT molecular complexity index is 704. The first-order valence-corrected chi connectivity index (χ1v) is 7.79. The van der Waals surface area contributed by atoms with Crippen LogP contribution in [-0.4, -0.2) is 42.2 Å².